The zero-order valence-electron chi connectivity index (χ0n) is 17.2. The summed E-state index contributed by atoms with van der Waals surface area (Å²) < 4.78 is 5.49. The molecule has 3 saturated carbocycles. The Morgan fingerprint density at radius 3 is 2.62 bits per heavy atom. The molecule has 0 bridgehead atoms. The van der Waals surface area contributed by atoms with Crippen molar-refractivity contribution in [3.63, 3.8) is 0 Å². The van der Waals surface area contributed by atoms with Crippen LogP contribution < -0.4 is 0 Å². The number of carbonyl (C=O) groups is 1. The maximum absolute atomic E-state index is 11.4. The van der Waals surface area contributed by atoms with Crippen molar-refractivity contribution in [3.8, 4) is 0 Å². The van der Waals surface area contributed by atoms with E-state index < -0.39 is 0 Å². The predicted octanol–water partition coefficient (Wildman–Crippen LogP) is 4.98. The van der Waals surface area contributed by atoms with E-state index in [9.17, 15) is 9.90 Å². The summed E-state index contributed by atoms with van der Waals surface area (Å²) in [5.74, 6) is 2.35. The van der Waals surface area contributed by atoms with Gasteiger partial charge >= 0.3 is 5.97 Å². The van der Waals surface area contributed by atoms with Crippen molar-refractivity contribution in [2.45, 2.75) is 72.6 Å². The van der Waals surface area contributed by atoms with Crippen molar-refractivity contribution < 1.29 is 14.6 Å². The van der Waals surface area contributed by atoms with E-state index >= 15 is 0 Å². The highest BCUT2D eigenvalue weighted by molar-refractivity contribution is 5.65. The second-order valence-corrected chi connectivity index (χ2v) is 10.0. The maximum Gasteiger partial charge on any atom is 0.302 e. The van der Waals surface area contributed by atoms with E-state index in [0.717, 1.165) is 12.8 Å². The van der Waals surface area contributed by atoms with Gasteiger partial charge in [0.05, 0.1) is 6.61 Å². The zero-order valence-corrected chi connectivity index (χ0v) is 17.2. The third-order valence-corrected chi connectivity index (χ3v) is 8.73. The Kier molecular flexibility index (Phi) is 5.59. The van der Waals surface area contributed by atoms with Gasteiger partial charge in [-0.1, -0.05) is 39.3 Å². The van der Waals surface area contributed by atoms with Gasteiger partial charge in [-0.3, -0.25) is 4.79 Å². The molecule has 3 aliphatic carbocycles. The standard InChI is InChI=1S/C23H38O3/c1-15-8-10-23(5,18(12-15)14-26-17(3)25)21-9-11-22(4)16(2)6-7-20(22)19(21)13-24/h15,18-21,24H,2,6-14H2,1,3-5H3/t15-,18+,19-,20?,21?,22+,23-/m0/s1. The first kappa shape index (κ1) is 19.9. The second kappa shape index (κ2) is 7.30. The maximum atomic E-state index is 11.4. The Labute approximate surface area is 159 Å². The summed E-state index contributed by atoms with van der Waals surface area (Å²) in [4.78, 5) is 11.4. The van der Waals surface area contributed by atoms with Crippen LogP contribution in [0.5, 0.6) is 0 Å². The minimum absolute atomic E-state index is 0.153. The fraction of sp³-hybridized carbons (Fsp3) is 0.870. The van der Waals surface area contributed by atoms with Gasteiger partial charge in [0.2, 0.25) is 0 Å². The predicted molar refractivity (Wildman–Crippen MR) is 105 cm³/mol. The first-order valence-electron chi connectivity index (χ1n) is 10.6. The molecular formula is C23H38O3. The van der Waals surface area contributed by atoms with Gasteiger partial charge in [0.1, 0.15) is 0 Å². The largest absolute Gasteiger partial charge is 0.466 e. The number of hydrogen-bond donors (Lipinski definition) is 1. The van der Waals surface area contributed by atoms with Crippen LogP contribution in [0.3, 0.4) is 0 Å². The van der Waals surface area contributed by atoms with Crippen LogP contribution in [0.15, 0.2) is 12.2 Å². The van der Waals surface area contributed by atoms with Gasteiger partial charge in [0.15, 0.2) is 0 Å². The number of fused-ring (bicyclic) bond motifs is 1. The molecule has 7 atom stereocenters. The van der Waals surface area contributed by atoms with E-state index in [1.807, 2.05) is 0 Å². The fourth-order valence-corrected chi connectivity index (χ4v) is 6.87. The number of rotatable bonds is 4. The average molecular weight is 363 g/mol. The van der Waals surface area contributed by atoms with E-state index in [1.165, 1.54) is 44.6 Å². The molecule has 0 aliphatic heterocycles. The third-order valence-electron chi connectivity index (χ3n) is 8.73. The van der Waals surface area contributed by atoms with E-state index in [1.54, 1.807) is 0 Å². The first-order chi connectivity index (χ1) is 12.2. The molecule has 3 fully saturated rings. The lowest BCUT2D eigenvalue weighted by Crippen LogP contribution is -2.51. The molecule has 0 spiro atoms. The van der Waals surface area contributed by atoms with Crippen molar-refractivity contribution in [2.24, 2.45) is 40.4 Å². The zero-order chi connectivity index (χ0) is 19.1. The number of esters is 1. The van der Waals surface area contributed by atoms with Crippen molar-refractivity contribution in [2.75, 3.05) is 13.2 Å². The molecule has 26 heavy (non-hydrogen) atoms. The van der Waals surface area contributed by atoms with Gasteiger partial charge in [-0.2, -0.15) is 0 Å². The molecule has 0 heterocycles. The summed E-state index contributed by atoms with van der Waals surface area (Å²) in [7, 11) is 0. The Bertz CT molecular complexity index is 556. The topological polar surface area (TPSA) is 46.5 Å². The molecule has 0 aromatic carbocycles. The lowest BCUT2D eigenvalue weighted by Gasteiger charge is -2.56. The molecular weight excluding hydrogens is 324 g/mol. The highest BCUT2D eigenvalue weighted by atomic mass is 16.5. The molecule has 0 saturated heterocycles. The molecule has 148 valence electrons. The number of aliphatic hydroxyl groups is 1. The summed E-state index contributed by atoms with van der Waals surface area (Å²) >= 11 is 0. The van der Waals surface area contributed by atoms with E-state index in [-0.39, 0.29) is 23.4 Å². The van der Waals surface area contributed by atoms with Crippen LogP contribution in [0.4, 0.5) is 0 Å². The van der Waals surface area contributed by atoms with Crippen LogP contribution in [0, 0.1) is 40.4 Å². The van der Waals surface area contributed by atoms with Crippen molar-refractivity contribution in [1.29, 1.82) is 0 Å². The van der Waals surface area contributed by atoms with Crippen molar-refractivity contribution >= 4 is 5.97 Å². The van der Waals surface area contributed by atoms with Crippen LogP contribution in [-0.2, 0) is 9.53 Å². The van der Waals surface area contributed by atoms with Crippen LogP contribution in [-0.4, -0.2) is 24.3 Å². The fourth-order valence-electron chi connectivity index (χ4n) is 6.87. The van der Waals surface area contributed by atoms with Gasteiger partial charge in [-0.05, 0) is 78.9 Å². The van der Waals surface area contributed by atoms with Gasteiger partial charge in [-0.15, -0.1) is 0 Å². The lowest BCUT2D eigenvalue weighted by atomic mass is 9.49. The van der Waals surface area contributed by atoms with Crippen LogP contribution in [0.25, 0.3) is 0 Å². The highest BCUT2D eigenvalue weighted by Gasteiger charge is 2.56. The molecule has 0 amide bonds. The number of aliphatic hydroxyl groups excluding tert-OH is 1. The number of hydrogen-bond acceptors (Lipinski definition) is 3. The molecule has 3 aliphatic rings. The molecule has 2 unspecified atom stereocenters. The quantitative estimate of drug-likeness (QED) is 0.566. The summed E-state index contributed by atoms with van der Waals surface area (Å²) in [5.41, 5.74) is 1.77. The van der Waals surface area contributed by atoms with E-state index in [0.29, 0.717) is 36.2 Å². The molecule has 0 aromatic heterocycles. The monoisotopic (exact) mass is 362 g/mol. The SMILES string of the molecule is C=C1CCC2[C@H](CO)C([C@@]3(C)CC[C@H](C)C[C@@H]3COC(C)=O)CC[C@]12C. The van der Waals surface area contributed by atoms with Gasteiger partial charge in [0.25, 0.3) is 0 Å². The Morgan fingerprint density at radius 1 is 1.23 bits per heavy atom. The van der Waals surface area contributed by atoms with Gasteiger partial charge in [-0.25, -0.2) is 0 Å². The van der Waals surface area contributed by atoms with Crippen LogP contribution >= 0.6 is 0 Å². The van der Waals surface area contributed by atoms with E-state index in [2.05, 4.69) is 27.4 Å². The minimum atomic E-state index is -0.174. The Hall–Kier alpha value is -0.830. The molecule has 0 aromatic rings. The van der Waals surface area contributed by atoms with Crippen molar-refractivity contribution in [3.05, 3.63) is 12.2 Å². The number of allylic oxidation sites excluding steroid dienone is 1. The number of ether oxygens (including phenoxy) is 1. The Morgan fingerprint density at radius 2 is 1.96 bits per heavy atom. The second-order valence-electron chi connectivity index (χ2n) is 10.0. The molecule has 0 radical (unpaired) electrons. The smallest absolute Gasteiger partial charge is 0.302 e. The Balaban J connectivity index is 1.86. The van der Waals surface area contributed by atoms with Crippen LogP contribution in [0.2, 0.25) is 0 Å². The van der Waals surface area contributed by atoms with Gasteiger partial charge < -0.3 is 9.84 Å². The summed E-state index contributed by atoms with van der Waals surface area (Å²) in [6, 6.07) is 0. The average Bonchev–Trinajstić information content (AvgIpc) is 2.90. The summed E-state index contributed by atoms with van der Waals surface area (Å²) in [5, 5.41) is 10.4. The molecule has 1 N–H and O–H groups in total. The molecule has 3 rings (SSSR count). The summed E-state index contributed by atoms with van der Waals surface area (Å²) in [6.07, 6.45) is 8.23. The van der Waals surface area contributed by atoms with Crippen LogP contribution in [0.1, 0.15) is 72.6 Å². The highest BCUT2D eigenvalue weighted by Crippen LogP contribution is 2.63. The summed E-state index contributed by atoms with van der Waals surface area (Å²) in [6.45, 7) is 13.8. The number of carbonyl (C=O) groups excluding carboxylic acids is 1. The normalized spacial score (nSPS) is 46.0. The third kappa shape index (κ3) is 3.25. The molecule has 3 heteroatoms. The first-order valence-corrected chi connectivity index (χ1v) is 10.6. The molecule has 3 nitrogen and oxygen atoms in total. The van der Waals surface area contributed by atoms with Crippen molar-refractivity contribution in [1.82, 2.24) is 0 Å². The lowest BCUT2D eigenvalue weighted by molar-refractivity contribution is -0.148. The van der Waals surface area contributed by atoms with E-state index in [4.69, 9.17) is 4.74 Å². The van der Waals surface area contributed by atoms with Gasteiger partial charge in [0, 0.05) is 13.5 Å². The minimum Gasteiger partial charge on any atom is -0.466 e.